The smallest absolute Gasteiger partial charge is 0.403 e. The van der Waals surface area contributed by atoms with Crippen molar-refractivity contribution in [2.75, 3.05) is 46.2 Å². The number of aliphatic hydroxyl groups is 1. The Hall–Kier alpha value is -7.18. The zero-order chi connectivity index (χ0) is 66.6. The van der Waals surface area contributed by atoms with Crippen molar-refractivity contribution < 1.29 is 111 Å². The molecule has 25 heteroatoms. The predicted molar refractivity (Wildman–Crippen MR) is 317 cm³/mol. The second-order valence-corrected chi connectivity index (χ2v) is 20.1. The summed E-state index contributed by atoms with van der Waals surface area (Å²) in [6.45, 7) is 23.2. The van der Waals surface area contributed by atoms with Crippen LogP contribution in [0.15, 0.2) is 60.7 Å². The fourth-order valence-electron chi connectivity index (χ4n) is 6.23. The number of nitrogens with two attached hydrogens (primary N) is 1. The first-order valence-electron chi connectivity index (χ1n) is 28.5. The minimum atomic E-state index is -0.942. The average molecular weight is 1250 g/mol. The number of aliphatic hydroxyl groups excluding tert-OH is 1. The summed E-state index contributed by atoms with van der Waals surface area (Å²) in [5.41, 5.74) is 6.32. The van der Waals surface area contributed by atoms with E-state index >= 15 is 0 Å². The van der Waals surface area contributed by atoms with E-state index < -0.39 is 77.0 Å². The van der Waals surface area contributed by atoms with Crippen molar-refractivity contribution >= 4 is 76.7 Å². The molecule has 6 N–H and O–H groups in total. The highest BCUT2D eigenvalue weighted by atomic mass is 35.5. The van der Waals surface area contributed by atoms with Crippen LogP contribution in [-0.4, -0.2) is 138 Å². The molecule has 4 atom stereocenters. The van der Waals surface area contributed by atoms with Gasteiger partial charge in [0.25, 0.3) is 0 Å². The molecule has 0 amide bonds. The standard InChI is InChI=1S/C20H28O6.C13H22O6.C11H14O3.C9H16O4.C5H11NO2.C3H5ClO2/c1-4-24-19(22)13-17(15(2)3)20(23)25-12-8-11-18(21)26-14-16-9-6-5-7-10-16;1-4-18-12(16)8-10(9(2)3)13(17)19-7-5-6-11(14)15;12-8-4-7-11(13)14-9-10-5-2-1-3-6-10;1-4-13-8(10)5-7(6(2)3)9(11)12;1-3(2)4(6)5(7)8;1-2-6-3(4)5/h5-7,9-10,15,17H,4,8,11-14H2,1-3H3;9-10H,4-8H2,1-3H3,(H,14,15);1-3,5-6,12H,4,7-9H2;6-7H,4-5H2,1-3H3,(H,11,12);3-4H,6H2,1-2H3,(H,7,8);2H2,1H3/t17-;10-;;7-;4-;/m00.00./s1. The SMILES string of the molecule is CC(C)[C@H](N)C(=O)O.CCOC(=O)C[C@H](C(=O)O)C(C)C.CCOC(=O)C[C@H](C(=O)OCCCC(=O)O)C(C)C.CCOC(=O)C[C@H](C(=O)OCCCC(=O)OCc1ccccc1)C(C)C.CCOC(=O)Cl.O=C(CCCO)OCc1ccccc1. The number of carboxylic acids is 3. The van der Waals surface area contributed by atoms with E-state index in [1.54, 1.807) is 55.4 Å². The van der Waals surface area contributed by atoms with Crippen molar-refractivity contribution in [1.82, 2.24) is 0 Å². The summed E-state index contributed by atoms with van der Waals surface area (Å²) in [5.74, 6) is -7.44. The number of carbonyl (C=O) groups is 11. The first-order chi connectivity index (χ1) is 40.4. The maximum absolute atomic E-state index is 12.1. The molecule has 0 aromatic heterocycles. The molecule has 0 aliphatic rings. The lowest BCUT2D eigenvalue weighted by Crippen LogP contribution is -2.34. The van der Waals surface area contributed by atoms with Crippen molar-refractivity contribution in [1.29, 1.82) is 0 Å². The lowest BCUT2D eigenvalue weighted by atomic mass is 9.93. The first kappa shape index (κ1) is 85.3. The van der Waals surface area contributed by atoms with E-state index in [9.17, 15) is 52.7 Å². The number of carbonyl (C=O) groups excluding carboxylic acids is 8. The number of aliphatic carboxylic acids is 3. The Labute approximate surface area is 511 Å². The molecule has 24 nitrogen and oxygen atoms in total. The minimum absolute atomic E-state index is 0.00343. The highest BCUT2D eigenvalue weighted by Gasteiger charge is 2.29. The molecule has 490 valence electrons. The molecule has 2 aromatic carbocycles. The van der Waals surface area contributed by atoms with Gasteiger partial charge in [-0.3, -0.25) is 47.9 Å². The lowest BCUT2D eigenvalue weighted by molar-refractivity contribution is -0.157. The highest BCUT2D eigenvalue weighted by molar-refractivity contribution is 6.61. The fourth-order valence-corrected chi connectivity index (χ4v) is 6.34. The summed E-state index contributed by atoms with van der Waals surface area (Å²) < 4.78 is 38.9. The number of carboxylic acid groups (broad SMARTS) is 3. The predicted octanol–water partition coefficient (Wildman–Crippen LogP) is 9.13. The number of hydrogen-bond acceptors (Lipinski definition) is 21. The van der Waals surface area contributed by atoms with Crippen LogP contribution in [-0.2, 0) is 99.1 Å². The number of benzene rings is 2. The highest BCUT2D eigenvalue weighted by Crippen LogP contribution is 2.20. The summed E-state index contributed by atoms with van der Waals surface area (Å²) in [4.78, 5) is 121. The third-order valence-electron chi connectivity index (χ3n) is 11.2. The molecule has 86 heavy (non-hydrogen) atoms. The summed E-state index contributed by atoms with van der Waals surface area (Å²) >= 11 is 4.72. The quantitative estimate of drug-likeness (QED) is 0.0192. The molecule has 0 heterocycles. The molecule has 0 bridgehead atoms. The van der Waals surface area contributed by atoms with E-state index in [0.29, 0.717) is 32.7 Å². The van der Waals surface area contributed by atoms with E-state index in [4.69, 9.17) is 66.2 Å². The second-order valence-electron chi connectivity index (χ2n) is 19.8. The Morgan fingerprint density at radius 2 is 0.767 bits per heavy atom. The largest absolute Gasteiger partial charge is 0.481 e. The van der Waals surface area contributed by atoms with Crippen molar-refractivity contribution in [2.45, 2.75) is 160 Å². The third kappa shape index (κ3) is 51.3. The average Bonchev–Trinajstić information content (AvgIpc) is 3.57. The van der Waals surface area contributed by atoms with Crippen molar-refractivity contribution in [2.24, 2.45) is 47.2 Å². The molecule has 2 aromatic rings. The normalized spacial score (nSPS) is 11.5. The number of ether oxygens (including phenoxy) is 8. The van der Waals surface area contributed by atoms with Crippen LogP contribution < -0.4 is 5.73 Å². The monoisotopic (exact) mass is 1250 g/mol. The molecule has 0 aliphatic heterocycles. The maximum atomic E-state index is 12.1. The van der Waals surface area contributed by atoms with Crippen LogP contribution in [0.1, 0.15) is 152 Å². The van der Waals surface area contributed by atoms with Gasteiger partial charge in [0.2, 0.25) is 0 Å². The van der Waals surface area contributed by atoms with Gasteiger partial charge < -0.3 is 64.1 Å². The molecule has 0 spiro atoms. The number of esters is 7. The van der Waals surface area contributed by atoms with Crippen LogP contribution in [0.3, 0.4) is 0 Å². The van der Waals surface area contributed by atoms with Crippen LogP contribution in [0.25, 0.3) is 0 Å². The van der Waals surface area contributed by atoms with Crippen molar-refractivity contribution in [3.63, 3.8) is 0 Å². The zero-order valence-corrected chi connectivity index (χ0v) is 52.9. The lowest BCUT2D eigenvalue weighted by Gasteiger charge is -2.18. The Bertz CT molecular complexity index is 2210. The molecule has 0 unspecified atom stereocenters. The van der Waals surface area contributed by atoms with E-state index in [1.165, 1.54) is 0 Å². The van der Waals surface area contributed by atoms with Gasteiger partial charge in [-0.2, -0.15) is 0 Å². The van der Waals surface area contributed by atoms with Gasteiger partial charge in [-0.25, -0.2) is 4.79 Å². The molecular formula is C61H96ClNO23. The third-order valence-corrected chi connectivity index (χ3v) is 11.4. The van der Waals surface area contributed by atoms with Gasteiger partial charge in [0, 0.05) is 37.5 Å². The topological polar surface area (TPSA) is 369 Å². The number of rotatable bonds is 33. The summed E-state index contributed by atoms with van der Waals surface area (Å²) in [6.07, 6.45) is 1.47. The Morgan fingerprint density at radius 1 is 0.430 bits per heavy atom. The number of halogens is 1. The molecule has 0 fully saturated rings. The Balaban J connectivity index is -0.000000497. The summed E-state index contributed by atoms with van der Waals surface area (Å²) in [5, 5.41) is 33.9. The van der Waals surface area contributed by atoms with E-state index in [-0.39, 0.29) is 120 Å². The molecule has 0 saturated heterocycles. The fraction of sp³-hybridized carbons (Fsp3) is 0.623. The van der Waals surface area contributed by atoms with E-state index in [0.717, 1.165) is 11.1 Å². The van der Waals surface area contributed by atoms with Crippen molar-refractivity contribution in [3.8, 4) is 0 Å². The summed E-state index contributed by atoms with van der Waals surface area (Å²) in [6, 6.07) is 18.2. The van der Waals surface area contributed by atoms with Gasteiger partial charge in [-0.1, -0.05) is 116 Å². The number of hydrogen-bond donors (Lipinski definition) is 5. The minimum Gasteiger partial charge on any atom is -0.481 e. The second kappa shape index (κ2) is 54.5. The van der Waals surface area contributed by atoms with Gasteiger partial charge in [0.1, 0.15) is 19.3 Å². The van der Waals surface area contributed by atoms with Gasteiger partial charge in [-0.05, 0) is 81.8 Å². The zero-order valence-electron chi connectivity index (χ0n) is 52.1. The maximum Gasteiger partial charge on any atom is 0.403 e. The van der Waals surface area contributed by atoms with Gasteiger partial charge in [-0.15, -0.1) is 0 Å². The molecule has 2 rings (SSSR count). The Morgan fingerprint density at radius 3 is 1.02 bits per heavy atom. The Kier molecular flexibility index (Phi) is 54.0. The molecule has 0 radical (unpaired) electrons. The van der Waals surface area contributed by atoms with Crippen LogP contribution >= 0.6 is 11.6 Å². The first-order valence-corrected chi connectivity index (χ1v) is 28.9. The van der Waals surface area contributed by atoms with Gasteiger partial charge >= 0.3 is 65.1 Å². The van der Waals surface area contributed by atoms with Crippen LogP contribution in [0.5, 0.6) is 0 Å². The van der Waals surface area contributed by atoms with E-state index in [1.807, 2.05) is 88.4 Å². The van der Waals surface area contributed by atoms with Crippen LogP contribution in [0.2, 0.25) is 0 Å². The van der Waals surface area contributed by atoms with Crippen LogP contribution in [0.4, 0.5) is 4.79 Å². The molecular weight excluding hydrogens is 1150 g/mol. The summed E-state index contributed by atoms with van der Waals surface area (Å²) in [7, 11) is 0. The van der Waals surface area contributed by atoms with Gasteiger partial charge in [0.15, 0.2) is 0 Å². The van der Waals surface area contributed by atoms with Crippen molar-refractivity contribution in [3.05, 3.63) is 71.8 Å². The molecule has 0 saturated carbocycles. The van der Waals surface area contributed by atoms with E-state index in [2.05, 4.69) is 9.47 Å². The van der Waals surface area contributed by atoms with Crippen LogP contribution in [0, 0.1) is 41.4 Å². The van der Waals surface area contributed by atoms with Gasteiger partial charge in [0.05, 0.1) is 76.7 Å². The molecule has 0 aliphatic carbocycles.